The Morgan fingerprint density at radius 2 is 1.64 bits per heavy atom. The van der Waals surface area contributed by atoms with Crippen molar-refractivity contribution in [1.29, 1.82) is 0 Å². The maximum absolute atomic E-state index is 14.1. The number of fused-ring (bicyclic) bond motifs is 2. The summed E-state index contributed by atoms with van der Waals surface area (Å²) < 4.78 is 23.7. The van der Waals surface area contributed by atoms with E-state index in [2.05, 4.69) is 48.1 Å². The number of hydrogen-bond donors (Lipinski definition) is 0. The third-order valence-corrected chi connectivity index (χ3v) is 14.6. The average Bonchev–Trinajstić information content (AvgIpc) is 3.35. The van der Waals surface area contributed by atoms with E-state index in [1.807, 2.05) is 30.5 Å². The Balaban J connectivity index is 1.83. The van der Waals surface area contributed by atoms with Crippen LogP contribution in [0.5, 0.6) is 17.2 Å². The summed E-state index contributed by atoms with van der Waals surface area (Å²) in [6.07, 6.45) is 3.47. The summed E-state index contributed by atoms with van der Waals surface area (Å²) in [5, 5.41) is 0. The minimum absolute atomic E-state index is 0.0614. The molecule has 0 aliphatic carbocycles. The molecular formula is C33H44N2O6Si. The van der Waals surface area contributed by atoms with Crippen molar-refractivity contribution < 1.29 is 28.2 Å². The van der Waals surface area contributed by atoms with Gasteiger partial charge >= 0.3 is 6.09 Å². The number of anilines is 1. The molecule has 0 unspecified atom stereocenters. The van der Waals surface area contributed by atoms with Crippen molar-refractivity contribution in [3.8, 4) is 17.2 Å². The van der Waals surface area contributed by atoms with Gasteiger partial charge in [0.25, 0.3) is 14.2 Å². The zero-order valence-electron chi connectivity index (χ0n) is 26.1. The van der Waals surface area contributed by atoms with Gasteiger partial charge in [0.2, 0.25) is 0 Å². The summed E-state index contributed by atoms with van der Waals surface area (Å²) in [7, 11) is 0.830. The van der Waals surface area contributed by atoms with Crippen LogP contribution in [-0.4, -0.2) is 58.6 Å². The van der Waals surface area contributed by atoms with E-state index in [-0.39, 0.29) is 25.1 Å². The number of nitrogens with zero attached hydrogens (tertiary/aromatic N) is 2. The van der Waals surface area contributed by atoms with Crippen LogP contribution >= 0.6 is 0 Å². The molecule has 0 radical (unpaired) electrons. The SMILES string of the molecule is C=CCOC(=O)N1C[C@@H]2CC(c3ccc(OC)cc3)=CN2C(=O)c2cc(OC)c(O[Si](C(C)C)(C(C)C)C(C)C)cc21. The summed E-state index contributed by atoms with van der Waals surface area (Å²) in [4.78, 5) is 30.9. The standard InChI is InChI=1S/C33H44N2O6Si/c1-10-15-40-33(37)35-20-26-16-25(24-11-13-27(38-8)14-12-24)19-34(26)32(36)28-17-30(39-9)31(18-29(28)35)41-42(21(2)3,22(4)5)23(6)7/h10-14,17-19,21-23,26H,1,15-16,20H2,2-9H3/t26-/m0/s1. The predicted octanol–water partition coefficient (Wildman–Crippen LogP) is 7.66. The molecule has 0 saturated carbocycles. The first-order chi connectivity index (χ1) is 20.0. The molecular weight excluding hydrogens is 548 g/mol. The number of hydrogen-bond acceptors (Lipinski definition) is 6. The fourth-order valence-electron chi connectivity index (χ4n) is 6.61. The second-order valence-corrected chi connectivity index (χ2v) is 17.2. The minimum atomic E-state index is -2.38. The number of carbonyl (C=O) groups excluding carboxylic acids is 2. The zero-order valence-corrected chi connectivity index (χ0v) is 27.1. The molecule has 9 heteroatoms. The Morgan fingerprint density at radius 1 is 1.00 bits per heavy atom. The molecule has 0 fully saturated rings. The summed E-state index contributed by atoms with van der Waals surface area (Å²) in [5.41, 5.74) is 3.78. The first-order valence-corrected chi connectivity index (χ1v) is 16.8. The lowest BCUT2D eigenvalue weighted by Crippen LogP contribution is -2.50. The lowest BCUT2D eigenvalue weighted by atomic mass is 10.0. The second kappa shape index (κ2) is 12.6. The Hall–Kier alpha value is -3.72. The molecule has 4 rings (SSSR count). The highest BCUT2D eigenvalue weighted by atomic mass is 28.4. The summed E-state index contributed by atoms with van der Waals surface area (Å²) in [6, 6.07) is 11.0. The van der Waals surface area contributed by atoms with Gasteiger partial charge in [-0.3, -0.25) is 9.69 Å². The first kappa shape index (κ1) is 31.2. The molecule has 0 saturated heterocycles. The highest BCUT2D eigenvalue weighted by molar-refractivity contribution is 6.78. The van der Waals surface area contributed by atoms with Gasteiger partial charge in [-0.25, -0.2) is 4.79 Å². The number of ether oxygens (including phenoxy) is 3. The number of carbonyl (C=O) groups is 2. The number of methoxy groups -OCH3 is 2. The summed E-state index contributed by atoms with van der Waals surface area (Å²) in [6.45, 7) is 17.3. The molecule has 2 aliphatic rings. The monoisotopic (exact) mass is 592 g/mol. The molecule has 0 N–H and O–H groups in total. The zero-order chi connectivity index (χ0) is 30.8. The Kier molecular flexibility index (Phi) is 9.40. The van der Waals surface area contributed by atoms with E-state index in [9.17, 15) is 9.59 Å². The molecule has 0 bridgehead atoms. The van der Waals surface area contributed by atoms with Crippen molar-refractivity contribution in [1.82, 2.24) is 4.90 Å². The van der Waals surface area contributed by atoms with Gasteiger partial charge in [-0.15, -0.1) is 0 Å². The highest BCUT2D eigenvalue weighted by Gasteiger charge is 2.48. The first-order valence-electron chi connectivity index (χ1n) is 14.6. The van der Waals surface area contributed by atoms with Crippen molar-refractivity contribution in [2.24, 2.45) is 0 Å². The molecule has 1 atom stereocenters. The van der Waals surface area contributed by atoms with Crippen molar-refractivity contribution in [3.63, 3.8) is 0 Å². The van der Waals surface area contributed by atoms with Crippen LogP contribution in [-0.2, 0) is 4.74 Å². The Bertz CT molecular complexity index is 1330. The Labute approximate surface area is 251 Å². The molecule has 8 nitrogen and oxygen atoms in total. The molecule has 2 aromatic rings. The topological polar surface area (TPSA) is 77.5 Å². The minimum Gasteiger partial charge on any atom is -0.540 e. The van der Waals surface area contributed by atoms with Gasteiger partial charge in [-0.1, -0.05) is 66.3 Å². The second-order valence-electron chi connectivity index (χ2n) is 11.9. The predicted molar refractivity (Wildman–Crippen MR) is 169 cm³/mol. The molecule has 2 aromatic carbocycles. The van der Waals surface area contributed by atoms with E-state index in [0.717, 1.165) is 16.9 Å². The van der Waals surface area contributed by atoms with Gasteiger partial charge < -0.3 is 23.5 Å². The lowest BCUT2D eigenvalue weighted by molar-refractivity contribution is 0.0794. The van der Waals surface area contributed by atoms with Crippen molar-refractivity contribution in [3.05, 3.63) is 66.4 Å². The summed E-state index contributed by atoms with van der Waals surface area (Å²) >= 11 is 0. The van der Waals surface area contributed by atoms with Crippen molar-refractivity contribution in [2.75, 3.05) is 32.3 Å². The average molecular weight is 593 g/mol. The van der Waals surface area contributed by atoms with Crippen LogP contribution < -0.4 is 18.8 Å². The largest absolute Gasteiger partial charge is 0.540 e. The third kappa shape index (κ3) is 5.66. The number of rotatable bonds is 10. The molecule has 42 heavy (non-hydrogen) atoms. The van der Waals surface area contributed by atoms with Crippen LogP contribution in [0.25, 0.3) is 5.57 Å². The van der Waals surface area contributed by atoms with Crippen molar-refractivity contribution >= 4 is 31.6 Å². The molecule has 0 aromatic heterocycles. The highest BCUT2D eigenvalue weighted by Crippen LogP contribution is 2.47. The molecule has 0 spiro atoms. The van der Waals surface area contributed by atoms with Gasteiger partial charge in [0.05, 0.1) is 38.1 Å². The quantitative estimate of drug-likeness (QED) is 0.208. The van der Waals surface area contributed by atoms with Gasteiger partial charge in [0, 0.05) is 12.3 Å². The molecule has 2 amide bonds. The van der Waals surface area contributed by atoms with Gasteiger partial charge in [-0.05, 0) is 52.4 Å². The van der Waals surface area contributed by atoms with E-state index in [1.54, 1.807) is 36.2 Å². The third-order valence-electron chi connectivity index (χ3n) is 8.57. The molecule has 2 aliphatic heterocycles. The van der Waals surface area contributed by atoms with E-state index in [4.69, 9.17) is 18.6 Å². The van der Waals surface area contributed by atoms with E-state index >= 15 is 0 Å². The maximum atomic E-state index is 14.1. The Morgan fingerprint density at radius 3 is 2.19 bits per heavy atom. The van der Waals surface area contributed by atoms with Crippen molar-refractivity contribution in [2.45, 2.75) is 70.6 Å². The van der Waals surface area contributed by atoms with E-state index < -0.39 is 14.4 Å². The van der Waals surface area contributed by atoms with Crippen LogP contribution in [0.4, 0.5) is 10.5 Å². The van der Waals surface area contributed by atoms with Crippen LogP contribution in [0.3, 0.4) is 0 Å². The van der Waals surface area contributed by atoms with Gasteiger partial charge in [-0.2, -0.15) is 0 Å². The maximum Gasteiger partial charge on any atom is 0.414 e. The smallest absolute Gasteiger partial charge is 0.414 e. The fraction of sp³-hybridized carbons (Fsp3) is 0.455. The molecule has 2 heterocycles. The molecule has 226 valence electrons. The van der Waals surface area contributed by atoms with Crippen LogP contribution in [0.15, 0.2) is 55.3 Å². The van der Waals surface area contributed by atoms with Gasteiger partial charge in [0.15, 0.2) is 5.75 Å². The van der Waals surface area contributed by atoms with Crippen LogP contribution in [0.1, 0.15) is 63.9 Å². The normalized spacial score (nSPS) is 16.7. The number of benzene rings is 2. The van der Waals surface area contributed by atoms with Crippen LogP contribution in [0.2, 0.25) is 16.6 Å². The number of amides is 2. The lowest BCUT2D eigenvalue weighted by Gasteiger charge is -2.42. The van der Waals surface area contributed by atoms with E-state index in [1.165, 1.54) is 6.08 Å². The summed E-state index contributed by atoms with van der Waals surface area (Å²) in [5.74, 6) is 1.57. The van der Waals surface area contributed by atoms with E-state index in [0.29, 0.717) is 45.8 Å². The fourth-order valence-corrected chi connectivity index (χ4v) is 11.9. The van der Waals surface area contributed by atoms with Gasteiger partial charge in [0.1, 0.15) is 18.1 Å². The van der Waals surface area contributed by atoms with Crippen LogP contribution in [0, 0.1) is 0 Å².